The van der Waals surface area contributed by atoms with Gasteiger partial charge in [0, 0.05) is 11.1 Å². The summed E-state index contributed by atoms with van der Waals surface area (Å²) in [6, 6.07) is 12.0. The van der Waals surface area contributed by atoms with Crippen LogP contribution in [-0.2, 0) is 4.74 Å². The van der Waals surface area contributed by atoms with E-state index in [0.717, 1.165) is 16.9 Å². The number of esters is 1. The summed E-state index contributed by atoms with van der Waals surface area (Å²) in [6.07, 6.45) is 0. The average molecular weight is 327 g/mol. The molecule has 24 heavy (non-hydrogen) atoms. The second kappa shape index (κ2) is 7.64. The van der Waals surface area contributed by atoms with Crippen LogP contribution in [0.1, 0.15) is 44.8 Å². The van der Waals surface area contributed by atoms with Crippen molar-refractivity contribution in [2.75, 3.05) is 14.2 Å². The third-order valence-electron chi connectivity index (χ3n) is 3.77. The Morgan fingerprint density at radius 2 is 1.62 bits per heavy atom. The molecule has 2 aromatic carbocycles. The van der Waals surface area contributed by atoms with Crippen LogP contribution in [0.2, 0.25) is 0 Å². The molecular weight excluding hydrogens is 306 g/mol. The van der Waals surface area contributed by atoms with Gasteiger partial charge in [0.2, 0.25) is 0 Å². The third kappa shape index (κ3) is 3.93. The van der Waals surface area contributed by atoms with Crippen molar-refractivity contribution in [3.63, 3.8) is 0 Å². The van der Waals surface area contributed by atoms with Crippen LogP contribution in [0.25, 0.3) is 0 Å². The molecule has 0 aliphatic rings. The quantitative estimate of drug-likeness (QED) is 0.856. The van der Waals surface area contributed by atoms with Gasteiger partial charge in [0.25, 0.3) is 5.91 Å². The number of methoxy groups -OCH3 is 2. The Balaban J connectivity index is 2.14. The van der Waals surface area contributed by atoms with Crippen molar-refractivity contribution in [2.45, 2.75) is 19.9 Å². The number of rotatable bonds is 5. The number of hydrogen-bond acceptors (Lipinski definition) is 4. The second-order valence-corrected chi connectivity index (χ2v) is 5.51. The Bertz CT molecular complexity index is 738. The Hall–Kier alpha value is -2.82. The first-order valence-corrected chi connectivity index (χ1v) is 7.60. The SMILES string of the molecule is COC(=O)c1ccc(C(=O)N[C@@H](C)c2cc(C)ccc2OC)cc1. The van der Waals surface area contributed by atoms with E-state index in [2.05, 4.69) is 10.1 Å². The lowest BCUT2D eigenvalue weighted by atomic mass is 10.0. The molecule has 0 bridgehead atoms. The van der Waals surface area contributed by atoms with E-state index in [1.54, 1.807) is 31.4 Å². The lowest BCUT2D eigenvalue weighted by molar-refractivity contribution is 0.0600. The molecule has 1 amide bonds. The fourth-order valence-corrected chi connectivity index (χ4v) is 2.43. The molecule has 5 nitrogen and oxygen atoms in total. The van der Waals surface area contributed by atoms with E-state index >= 15 is 0 Å². The number of ether oxygens (including phenoxy) is 2. The molecule has 1 atom stereocenters. The fourth-order valence-electron chi connectivity index (χ4n) is 2.43. The number of hydrogen-bond donors (Lipinski definition) is 1. The van der Waals surface area contributed by atoms with Gasteiger partial charge in [-0.25, -0.2) is 4.79 Å². The Labute approximate surface area is 141 Å². The first-order valence-electron chi connectivity index (χ1n) is 7.60. The van der Waals surface area contributed by atoms with Crippen molar-refractivity contribution < 1.29 is 19.1 Å². The van der Waals surface area contributed by atoms with Crippen LogP contribution in [0.15, 0.2) is 42.5 Å². The highest BCUT2D eigenvalue weighted by Gasteiger charge is 2.16. The van der Waals surface area contributed by atoms with Crippen molar-refractivity contribution in [3.8, 4) is 5.75 Å². The monoisotopic (exact) mass is 327 g/mol. The van der Waals surface area contributed by atoms with Crippen molar-refractivity contribution >= 4 is 11.9 Å². The summed E-state index contributed by atoms with van der Waals surface area (Å²) in [7, 11) is 2.92. The maximum atomic E-state index is 12.4. The molecule has 0 saturated carbocycles. The molecule has 126 valence electrons. The van der Waals surface area contributed by atoms with Gasteiger partial charge >= 0.3 is 5.97 Å². The minimum absolute atomic E-state index is 0.215. The fraction of sp³-hybridized carbons (Fsp3) is 0.263. The maximum absolute atomic E-state index is 12.4. The van der Waals surface area contributed by atoms with Gasteiger partial charge in [-0.05, 0) is 44.2 Å². The molecule has 2 rings (SSSR count). The number of nitrogens with one attached hydrogen (secondary N) is 1. The first-order chi connectivity index (χ1) is 11.5. The molecule has 1 N–H and O–H groups in total. The third-order valence-corrected chi connectivity index (χ3v) is 3.77. The molecule has 0 aliphatic heterocycles. The maximum Gasteiger partial charge on any atom is 0.337 e. The van der Waals surface area contributed by atoms with Gasteiger partial charge in [0.15, 0.2) is 0 Å². The molecule has 0 radical (unpaired) electrons. The van der Waals surface area contributed by atoms with Gasteiger partial charge in [-0.15, -0.1) is 0 Å². The summed E-state index contributed by atoms with van der Waals surface area (Å²) in [6.45, 7) is 3.89. The highest BCUT2D eigenvalue weighted by atomic mass is 16.5. The van der Waals surface area contributed by atoms with Gasteiger partial charge in [0.1, 0.15) is 5.75 Å². The van der Waals surface area contributed by atoms with Gasteiger partial charge in [-0.1, -0.05) is 17.7 Å². The topological polar surface area (TPSA) is 64.6 Å². The van der Waals surface area contributed by atoms with E-state index in [4.69, 9.17) is 4.74 Å². The van der Waals surface area contributed by atoms with Crippen LogP contribution in [-0.4, -0.2) is 26.1 Å². The van der Waals surface area contributed by atoms with Gasteiger partial charge in [-0.2, -0.15) is 0 Å². The van der Waals surface area contributed by atoms with Crippen LogP contribution >= 0.6 is 0 Å². The predicted octanol–water partition coefficient (Wildman–Crippen LogP) is 3.28. The number of carbonyl (C=O) groups is 2. The number of aryl methyl sites for hydroxylation is 1. The molecule has 0 saturated heterocycles. The highest BCUT2D eigenvalue weighted by molar-refractivity contribution is 5.96. The van der Waals surface area contributed by atoms with E-state index in [-0.39, 0.29) is 11.9 Å². The average Bonchev–Trinajstić information content (AvgIpc) is 2.61. The van der Waals surface area contributed by atoms with Crippen LogP contribution in [0.3, 0.4) is 0 Å². The largest absolute Gasteiger partial charge is 0.496 e. The molecule has 0 fully saturated rings. The van der Waals surface area contributed by atoms with Crippen molar-refractivity contribution in [1.82, 2.24) is 5.32 Å². The molecular formula is C19H21NO4. The smallest absolute Gasteiger partial charge is 0.337 e. The molecule has 2 aromatic rings. The van der Waals surface area contributed by atoms with Crippen molar-refractivity contribution in [1.29, 1.82) is 0 Å². The zero-order valence-electron chi connectivity index (χ0n) is 14.3. The minimum atomic E-state index is -0.431. The summed E-state index contributed by atoms with van der Waals surface area (Å²) in [5.74, 6) is 0.0803. The summed E-state index contributed by atoms with van der Waals surface area (Å²) in [5.41, 5.74) is 2.88. The molecule has 0 unspecified atom stereocenters. The lowest BCUT2D eigenvalue weighted by Gasteiger charge is -2.18. The molecule has 0 aromatic heterocycles. The zero-order valence-corrected chi connectivity index (χ0v) is 14.3. The Kier molecular flexibility index (Phi) is 5.58. The number of benzene rings is 2. The molecule has 5 heteroatoms. The van der Waals surface area contributed by atoms with E-state index < -0.39 is 5.97 Å². The highest BCUT2D eigenvalue weighted by Crippen LogP contribution is 2.26. The van der Waals surface area contributed by atoms with E-state index in [0.29, 0.717) is 11.1 Å². The minimum Gasteiger partial charge on any atom is -0.496 e. The second-order valence-electron chi connectivity index (χ2n) is 5.51. The van der Waals surface area contributed by atoms with E-state index in [9.17, 15) is 9.59 Å². The van der Waals surface area contributed by atoms with Crippen LogP contribution < -0.4 is 10.1 Å². The number of amides is 1. The van der Waals surface area contributed by atoms with E-state index in [1.165, 1.54) is 7.11 Å². The standard InChI is InChI=1S/C19H21NO4/c1-12-5-10-17(23-3)16(11-12)13(2)20-18(21)14-6-8-15(9-7-14)19(22)24-4/h5-11,13H,1-4H3,(H,20,21)/t13-/m0/s1. The van der Waals surface area contributed by atoms with Crippen LogP contribution in [0, 0.1) is 6.92 Å². The van der Waals surface area contributed by atoms with Gasteiger partial charge < -0.3 is 14.8 Å². The summed E-state index contributed by atoms with van der Waals surface area (Å²) in [4.78, 5) is 23.8. The Morgan fingerprint density at radius 1 is 1.00 bits per heavy atom. The van der Waals surface area contributed by atoms with Crippen molar-refractivity contribution in [2.24, 2.45) is 0 Å². The molecule has 0 heterocycles. The van der Waals surface area contributed by atoms with Gasteiger partial charge in [0.05, 0.1) is 25.8 Å². The van der Waals surface area contributed by atoms with Crippen LogP contribution in [0.4, 0.5) is 0 Å². The summed E-state index contributed by atoms with van der Waals surface area (Å²) >= 11 is 0. The lowest BCUT2D eigenvalue weighted by Crippen LogP contribution is -2.27. The Morgan fingerprint density at radius 3 is 2.21 bits per heavy atom. The number of carbonyl (C=O) groups excluding carboxylic acids is 2. The zero-order chi connectivity index (χ0) is 17.7. The normalized spacial score (nSPS) is 11.5. The van der Waals surface area contributed by atoms with Gasteiger partial charge in [-0.3, -0.25) is 4.79 Å². The predicted molar refractivity (Wildman–Crippen MR) is 91.4 cm³/mol. The molecule has 0 spiro atoms. The summed E-state index contributed by atoms with van der Waals surface area (Å²) in [5, 5.41) is 2.94. The van der Waals surface area contributed by atoms with Crippen molar-refractivity contribution in [3.05, 3.63) is 64.7 Å². The van der Waals surface area contributed by atoms with Crippen LogP contribution in [0.5, 0.6) is 5.75 Å². The molecule has 0 aliphatic carbocycles. The summed E-state index contributed by atoms with van der Waals surface area (Å²) < 4.78 is 10.0. The first kappa shape index (κ1) is 17.5. The van der Waals surface area contributed by atoms with E-state index in [1.807, 2.05) is 32.0 Å².